The zero-order chi connectivity index (χ0) is 26.2. The number of hydrogen-bond acceptors (Lipinski definition) is 6. The minimum Gasteiger partial charge on any atom is -0.380 e. The molecule has 38 heavy (non-hydrogen) atoms. The van der Waals surface area contributed by atoms with Gasteiger partial charge in [-0.05, 0) is 43.4 Å². The van der Waals surface area contributed by atoms with Crippen molar-refractivity contribution < 1.29 is 14.7 Å². The van der Waals surface area contributed by atoms with Crippen molar-refractivity contribution in [1.29, 1.82) is 0 Å². The van der Waals surface area contributed by atoms with Gasteiger partial charge in [0, 0.05) is 43.6 Å². The Labute approximate surface area is 224 Å². The van der Waals surface area contributed by atoms with E-state index in [4.69, 9.17) is 0 Å². The summed E-state index contributed by atoms with van der Waals surface area (Å²) in [6, 6.07) is 8.28. The average Bonchev–Trinajstić information content (AvgIpc) is 3.55. The van der Waals surface area contributed by atoms with Gasteiger partial charge in [0.05, 0.1) is 6.04 Å². The summed E-state index contributed by atoms with van der Waals surface area (Å²) in [4.78, 5) is 29.2. The van der Waals surface area contributed by atoms with Crippen LogP contribution in [-0.4, -0.2) is 73.4 Å². The highest BCUT2D eigenvalue weighted by molar-refractivity contribution is 5.94. The van der Waals surface area contributed by atoms with Crippen LogP contribution in [0.5, 0.6) is 0 Å². The number of nitrogens with one attached hydrogen (secondary N) is 1. The van der Waals surface area contributed by atoms with Crippen LogP contribution >= 0.6 is 0 Å². The van der Waals surface area contributed by atoms with E-state index in [0.717, 1.165) is 25.1 Å². The van der Waals surface area contributed by atoms with Crippen LogP contribution in [0.15, 0.2) is 30.6 Å². The van der Waals surface area contributed by atoms with E-state index in [1.807, 2.05) is 21.7 Å². The Bertz CT molecular complexity index is 1140. The van der Waals surface area contributed by atoms with Crippen LogP contribution in [0.2, 0.25) is 0 Å². The van der Waals surface area contributed by atoms with Crippen molar-refractivity contribution in [2.24, 2.45) is 5.41 Å². The molecule has 1 spiro atoms. The minimum absolute atomic E-state index is 0.000105. The standard InChI is InChI=1S/C29H40N6O3/c36-26(33-16-18-34(19-17-33)27(37)29(38)14-15-29)23-10-8-22(9-11-23)25-28(20-24-31-30-21-35(24)32-25)12-6-4-2-1-3-5-7-13-28/h8-11,21,25,32,38H,1-7,12-20H2. The molecule has 3 fully saturated rings. The second-order valence-corrected chi connectivity index (χ2v) is 11.9. The second kappa shape index (κ2) is 10.3. The molecule has 1 unspecified atom stereocenters. The van der Waals surface area contributed by atoms with Gasteiger partial charge in [-0.25, -0.2) is 4.68 Å². The zero-order valence-corrected chi connectivity index (χ0v) is 22.3. The van der Waals surface area contributed by atoms with Gasteiger partial charge >= 0.3 is 0 Å². The number of aliphatic hydroxyl groups is 1. The van der Waals surface area contributed by atoms with E-state index in [0.29, 0.717) is 44.6 Å². The molecule has 2 saturated carbocycles. The van der Waals surface area contributed by atoms with Crippen molar-refractivity contribution in [3.05, 3.63) is 47.5 Å². The first-order valence-corrected chi connectivity index (χ1v) is 14.5. The van der Waals surface area contributed by atoms with Crippen molar-refractivity contribution in [1.82, 2.24) is 24.7 Å². The van der Waals surface area contributed by atoms with Crippen LogP contribution in [0.25, 0.3) is 0 Å². The maximum absolute atomic E-state index is 13.3. The first-order valence-electron chi connectivity index (χ1n) is 14.5. The molecule has 0 radical (unpaired) electrons. The maximum Gasteiger partial charge on any atom is 0.254 e. The van der Waals surface area contributed by atoms with Crippen LogP contribution < -0.4 is 5.43 Å². The van der Waals surface area contributed by atoms with Crippen LogP contribution in [-0.2, 0) is 11.2 Å². The third-order valence-corrected chi connectivity index (χ3v) is 9.33. The van der Waals surface area contributed by atoms with E-state index in [-0.39, 0.29) is 23.3 Å². The number of fused-ring (bicyclic) bond motifs is 1. The molecule has 9 heteroatoms. The van der Waals surface area contributed by atoms with Crippen LogP contribution in [0.4, 0.5) is 0 Å². The molecule has 2 amide bonds. The van der Waals surface area contributed by atoms with Gasteiger partial charge in [0.25, 0.3) is 11.8 Å². The summed E-state index contributed by atoms with van der Waals surface area (Å²) in [5.41, 5.74) is 4.54. The van der Waals surface area contributed by atoms with Crippen LogP contribution in [0, 0.1) is 5.41 Å². The summed E-state index contributed by atoms with van der Waals surface area (Å²) in [6.45, 7) is 1.93. The van der Waals surface area contributed by atoms with Crippen molar-refractivity contribution in [2.45, 2.75) is 88.7 Å². The number of amides is 2. The number of benzene rings is 1. The Morgan fingerprint density at radius 3 is 2.08 bits per heavy atom. The van der Waals surface area contributed by atoms with E-state index in [1.165, 1.54) is 50.5 Å². The fourth-order valence-electron chi connectivity index (χ4n) is 6.78. The highest BCUT2D eigenvalue weighted by atomic mass is 16.3. The fourth-order valence-corrected chi connectivity index (χ4v) is 6.78. The second-order valence-electron chi connectivity index (χ2n) is 11.9. The molecular weight excluding hydrogens is 480 g/mol. The van der Waals surface area contributed by atoms with Gasteiger partial charge in [-0.3, -0.25) is 9.59 Å². The predicted molar refractivity (Wildman–Crippen MR) is 143 cm³/mol. The topological polar surface area (TPSA) is 104 Å². The summed E-state index contributed by atoms with van der Waals surface area (Å²) < 4.78 is 1.98. The molecule has 1 aromatic heterocycles. The van der Waals surface area contributed by atoms with E-state index in [2.05, 4.69) is 27.8 Å². The number of carbonyl (C=O) groups excluding carboxylic acids is 2. The van der Waals surface area contributed by atoms with Crippen molar-refractivity contribution >= 4 is 11.8 Å². The first kappa shape index (κ1) is 25.3. The maximum atomic E-state index is 13.3. The quantitative estimate of drug-likeness (QED) is 0.643. The van der Waals surface area contributed by atoms with Gasteiger partial charge in [0.1, 0.15) is 11.9 Å². The predicted octanol–water partition coefficient (Wildman–Crippen LogP) is 3.44. The molecule has 0 bridgehead atoms. The number of aromatic nitrogens is 3. The van der Waals surface area contributed by atoms with Crippen LogP contribution in [0.1, 0.15) is 98.4 Å². The third-order valence-electron chi connectivity index (χ3n) is 9.33. The number of hydrogen-bond donors (Lipinski definition) is 2. The molecule has 1 aromatic carbocycles. The van der Waals surface area contributed by atoms with E-state index < -0.39 is 5.60 Å². The SMILES string of the molecule is O=C(c1ccc(C2Nn3cnnc3CC23CCCCCCCCC3)cc1)N1CCN(C(=O)C2(O)CC2)CC1. The molecule has 2 aliphatic carbocycles. The van der Waals surface area contributed by atoms with Gasteiger partial charge in [-0.1, -0.05) is 57.1 Å². The molecule has 3 heterocycles. The fraction of sp³-hybridized carbons (Fsp3) is 0.655. The number of carbonyl (C=O) groups is 2. The van der Waals surface area contributed by atoms with Gasteiger partial charge < -0.3 is 20.3 Å². The van der Waals surface area contributed by atoms with Crippen molar-refractivity contribution in [3.63, 3.8) is 0 Å². The Kier molecular flexibility index (Phi) is 6.88. The van der Waals surface area contributed by atoms with E-state index >= 15 is 0 Å². The van der Waals surface area contributed by atoms with Crippen molar-refractivity contribution in [3.8, 4) is 0 Å². The van der Waals surface area contributed by atoms with Gasteiger partial charge in [-0.2, -0.15) is 0 Å². The highest BCUT2D eigenvalue weighted by Crippen LogP contribution is 2.48. The van der Waals surface area contributed by atoms with Crippen molar-refractivity contribution in [2.75, 3.05) is 31.6 Å². The molecule has 2 aromatic rings. The normalized spacial score (nSPS) is 24.8. The molecule has 1 atom stereocenters. The number of nitrogens with zero attached hydrogens (tertiary/aromatic N) is 5. The molecule has 4 aliphatic rings. The zero-order valence-electron chi connectivity index (χ0n) is 22.3. The Balaban J connectivity index is 1.17. The smallest absolute Gasteiger partial charge is 0.254 e. The van der Waals surface area contributed by atoms with Gasteiger partial charge in [0.15, 0.2) is 5.82 Å². The summed E-state index contributed by atoms with van der Waals surface area (Å²) >= 11 is 0. The lowest BCUT2D eigenvalue weighted by Crippen LogP contribution is -2.53. The highest BCUT2D eigenvalue weighted by Gasteiger charge is 2.50. The van der Waals surface area contributed by atoms with Crippen LogP contribution in [0.3, 0.4) is 0 Å². The average molecular weight is 521 g/mol. The van der Waals surface area contributed by atoms with E-state index in [9.17, 15) is 14.7 Å². The lowest BCUT2D eigenvalue weighted by atomic mass is 9.66. The number of piperazine rings is 1. The number of rotatable bonds is 3. The molecule has 6 rings (SSSR count). The lowest BCUT2D eigenvalue weighted by molar-refractivity contribution is -0.143. The summed E-state index contributed by atoms with van der Waals surface area (Å²) in [6.07, 6.45) is 15.1. The monoisotopic (exact) mass is 520 g/mol. The van der Waals surface area contributed by atoms with Gasteiger partial charge in [-0.15, -0.1) is 10.2 Å². The summed E-state index contributed by atoms with van der Waals surface area (Å²) in [5.74, 6) is 0.830. The molecule has 2 N–H and O–H groups in total. The summed E-state index contributed by atoms with van der Waals surface area (Å²) in [7, 11) is 0. The minimum atomic E-state index is -1.14. The molecule has 2 aliphatic heterocycles. The Hall–Kier alpha value is -2.94. The molecule has 9 nitrogen and oxygen atoms in total. The van der Waals surface area contributed by atoms with Gasteiger partial charge in [0.2, 0.25) is 0 Å². The third kappa shape index (κ3) is 4.93. The molecular formula is C29H40N6O3. The Morgan fingerprint density at radius 1 is 0.842 bits per heavy atom. The first-order chi connectivity index (χ1) is 18.5. The Morgan fingerprint density at radius 2 is 1.45 bits per heavy atom. The molecule has 1 saturated heterocycles. The summed E-state index contributed by atoms with van der Waals surface area (Å²) in [5, 5.41) is 18.7. The molecule has 204 valence electrons. The lowest BCUT2D eigenvalue weighted by Gasteiger charge is -2.46. The largest absolute Gasteiger partial charge is 0.380 e. The van der Waals surface area contributed by atoms with E-state index in [1.54, 1.807) is 11.2 Å².